The molecule has 3 aromatic rings. The van der Waals surface area contributed by atoms with Gasteiger partial charge in [-0.05, 0) is 43.3 Å². The summed E-state index contributed by atoms with van der Waals surface area (Å²) in [5.41, 5.74) is 2.73. The van der Waals surface area contributed by atoms with Gasteiger partial charge in [-0.25, -0.2) is 4.98 Å². The van der Waals surface area contributed by atoms with Crippen LogP contribution in [0.1, 0.15) is 6.92 Å². The molecule has 1 N–H and O–H groups in total. The summed E-state index contributed by atoms with van der Waals surface area (Å²) in [6.07, 6.45) is 0. The topological polar surface area (TPSA) is 59.6 Å². The molecule has 7 heteroatoms. The second kappa shape index (κ2) is 8.82. The Morgan fingerprint density at radius 3 is 2.79 bits per heavy atom. The van der Waals surface area contributed by atoms with Gasteiger partial charge in [-0.2, -0.15) is 0 Å². The quantitative estimate of drug-likeness (QED) is 0.648. The molecule has 0 saturated carbocycles. The molecule has 0 aliphatic carbocycles. The van der Waals surface area contributed by atoms with Crippen molar-refractivity contribution >= 4 is 22.6 Å². The van der Waals surface area contributed by atoms with Crippen molar-refractivity contribution in [1.29, 1.82) is 0 Å². The summed E-state index contributed by atoms with van der Waals surface area (Å²) in [5.74, 6) is 2.25. The lowest BCUT2D eigenvalue weighted by molar-refractivity contribution is 0.0321. The molecule has 4 rings (SSSR count). The molecule has 1 fully saturated rings. The minimum Gasteiger partial charge on any atom is -0.490 e. The van der Waals surface area contributed by atoms with Gasteiger partial charge in [0.15, 0.2) is 11.5 Å². The van der Waals surface area contributed by atoms with Crippen molar-refractivity contribution in [2.45, 2.75) is 6.92 Å². The van der Waals surface area contributed by atoms with E-state index < -0.39 is 0 Å². The Hall–Kier alpha value is -2.28. The first-order chi connectivity index (χ1) is 13.7. The number of halogens is 1. The second-order valence-corrected chi connectivity index (χ2v) is 7.08. The average molecular weight is 402 g/mol. The van der Waals surface area contributed by atoms with Gasteiger partial charge in [0.05, 0.1) is 30.9 Å². The van der Waals surface area contributed by atoms with E-state index in [2.05, 4.69) is 14.9 Å². The summed E-state index contributed by atoms with van der Waals surface area (Å²) in [7, 11) is 0. The van der Waals surface area contributed by atoms with Crippen molar-refractivity contribution in [1.82, 2.24) is 14.9 Å². The summed E-state index contributed by atoms with van der Waals surface area (Å²) in [6.45, 7) is 7.52. The maximum Gasteiger partial charge on any atom is 0.161 e. The van der Waals surface area contributed by atoms with Crippen LogP contribution >= 0.6 is 11.6 Å². The second-order valence-electron chi connectivity index (χ2n) is 6.64. The van der Waals surface area contributed by atoms with E-state index in [0.29, 0.717) is 18.2 Å². The molecular weight excluding hydrogens is 378 g/mol. The van der Waals surface area contributed by atoms with Crippen molar-refractivity contribution < 1.29 is 14.2 Å². The molecule has 0 radical (unpaired) electrons. The molecule has 0 atom stereocenters. The third-order valence-corrected chi connectivity index (χ3v) is 4.96. The zero-order valence-electron chi connectivity index (χ0n) is 15.9. The molecule has 28 heavy (non-hydrogen) atoms. The van der Waals surface area contributed by atoms with Crippen molar-refractivity contribution in [3.8, 4) is 22.9 Å². The number of imidazole rings is 1. The number of hydrogen-bond acceptors (Lipinski definition) is 5. The van der Waals surface area contributed by atoms with Crippen LogP contribution in [-0.2, 0) is 4.74 Å². The number of morpholine rings is 1. The first-order valence-electron chi connectivity index (χ1n) is 9.58. The average Bonchev–Trinajstić information content (AvgIpc) is 3.13. The monoisotopic (exact) mass is 401 g/mol. The molecule has 0 bridgehead atoms. The molecule has 148 valence electrons. The molecular formula is C21H24ClN3O3. The zero-order chi connectivity index (χ0) is 19.3. The van der Waals surface area contributed by atoms with Gasteiger partial charge in [-0.3, -0.25) is 4.90 Å². The Kier molecular flexibility index (Phi) is 6.00. The standard InChI is InChI=1S/C21H24ClN3O3/c1-2-27-20-13-15(21-23-17-5-4-16(22)14-18(17)24-21)3-6-19(20)28-12-9-25-7-10-26-11-8-25/h3-6,13-14H,2,7-12H2,1H3,(H,23,24). The van der Waals surface area contributed by atoms with E-state index in [-0.39, 0.29) is 0 Å². The minimum absolute atomic E-state index is 0.568. The van der Waals surface area contributed by atoms with Crippen molar-refractivity contribution in [3.05, 3.63) is 41.4 Å². The number of ether oxygens (including phenoxy) is 3. The van der Waals surface area contributed by atoms with E-state index in [4.69, 9.17) is 25.8 Å². The number of aromatic nitrogens is 2. The van der Waals surface area contributed by atoms with Crippen LogP contribution in [-0.4, -0.2) is 60.9 Å². The Balaban J connectivity index is 1.50. The predicted molar refractivity (Wildman–Crippen MR) is 110 cm³/mol. The summed E-state index contributed by atoms with van der Waals surface area (Å²) in [5, 5.41) is 0.682. The molecule has 0 spiro atoms. The fraction of sp³-hybridized carbons (Fsp3) is 0.381. The van der Waals surface area contributed by atoms with Crippen LogP contribution in [0, 0.1) is 0 Å². The third-order valence-electron chi connectivity index (χ3n) is 4.73. The van der Waals surface area contributed by atoms with Crippen molar-refractivity contribution in [2.75, 3.05) is 46.1 Å². The number of H-pyrrole nitrogens is 1. The van der Waals surface area contributed by atoms with E-state index in [1.807, 2.05) is 43.3 Å². The lowest BCUT2D eigenvalue weighted by Crippen LogP contribution is -2.38. The van der Waals surface area contributed by atoms with Gasteiger partial charge in [-0.1, -0.05) is 11.6 Å². The smallest absolute Gasteiger partial charge is 0.161 e. The van der Waals surface area contributed by atoms with Crippen LogP contribution in [0.4, 0.5) is 0 Å². The number of rotatable bonds is 7. The largest absolute Gasteiger partial charge is 0.490 e. The number of nitrogens with zero attached hydrogens (tertiary/aromatic N) is 2. The highest BCUT2D eigenvalue weighted by atomic mass is 35.5. The molecule has 1 aliphatic heterocycles. The molecule has 2 aromatic carbocycles. The number of benzene rings is 2. The summed E-state index contributed by atoms with van der Waals surface area (Å²) in [4.78, 5) is 10.3. The van der Waals surface area contributed by atoms with E-state index in [1.54, 1.807) is 0 Å². The lowest BCUT2D eigenvalue weighted by atomic mass is 10.2. The Labute approximate surface area is 169 Å². The first kappa shape index (κ1) is 19.1. The van der Waals surface area contributed by atoms with E-state index in [1.165, 1.54) is 0 Å². The highest BCUT2D eigenvalue weighted by Crippen LogP contribution is 2.33. The van der Waals surface area contributed by atoms with Gasteiger partial charge in [-0.15, -0.1) is 0 Å². The SMILES string of the molecule is CCOc1cc(-c2nc3ccc(Cl)cc3[nH]2)ccc1OCCN1CCOCC1. The van der Waals surface area contributed by atoms with E-state index in [0.717, 1.165) is 66.8 Å². The Morgan fingerprint density at radius 1 is 1.11 bits per heavy atom. The molecule has 0 unspecified atom stereocenters. The van der Waals surface area contributed by atoms with Crippen molar-refractivity contribution in [3.63, 3.8) is 0 Å². The number of nitrogens with one attached hydrogen (secondary N) is 1. The molecule has 6 nitrogen and oxygen atoms in total. The predicted octanol–water partition coefficient (Wildman–Crippen LogP) is 3.99. The third kappa shape index (κ3) is 4.41. The van der Waals surface area contributed by atoms with Gasteiger partial charge in [0.25, 0.3) is 0 Å². The fourth-order valence-electron chi connectivity index (χ4n) is 3.27. The molecule has 1 aromatic heterocycles. The van der Waals surface area contributed by atoms with Gasteiger partial charge in [0.2, 0.25) is 0 Å². The van der Waals surface area contributed by atoms with Crippen LogP contribution in [0.25, 0.3) is 22.4 Å². The summed E-state index contributed by atoms with van der Waals surface area (Å²) >= 11 is 6.07. The van der Waals surface area contributed by atoms with Gasteiger partial charge < -0.3 is 19.2 Å². The van der Waals surface area contributed by atoms with Gasteiger partial charge >= 0.3 is 0 Å². The van der Waals surface area contributed by atoms with Crippen LogP contribution in [0.5, 0.6) is 11.5 Å². The highest BCUT2D eigenvalue weighted by Gasteiger charge is 2.13. The molecule has 1 saturated heterocycles. The highest BCUT2D eigenvalue weighted by molar-refractivity contribution is 6.31. The zero-order valence-corrected chi connectivity index (χ0v) is 16.7. The van der Waals surface area contributed by atoms with Crippen LogP contribution < -0.4 is 9.47 Å². The van der Waals surface area contributed by atoms with Crippen LogP contribution in [0.2, 0.25) is 5.02 Å². The lowest BCUT2D eigenvalue weighted by Gasteiger charge is -2.26. The Morgan fingerprint density at radius 2 is 1.96 bits per heavy atom. The van der Waals surface area contributed by atoms with Crippen LogP contribution in [0.3, 0.4) is 0 Å². The van der Waals surface area contributed by atoms with Crippen molar-refractivity contribution in [2.24, 2.45) is 0 Å². The molecule has 0 amide bonds. The number of aromatic amines is 1. The van der Waals surface area contributed by atoms with Crippen LogP contribution in [0.15, 0.2) is 36.4 Å². The number of hydrogen-bond donors (Lipinski definition) is 1. The Bertz CT molecular complexity index is 938. The van der Waals surface area contributed by atoms with E-state index >= 15 is 0 Å². The van der Waals surface area contributed by atoms with E-state index in [9.17, 15) is 0 Å². The maximum atomic E-state index is 6.07. The molecule has 1 aliphatic rings. The van der Waals surface area contributed by atoms with Gasteiger partial charge in [0, 0.05) is 30.2 Å². The number of fused-ring (bicyclic) bond motifs is 1. The first-order valence-corrected chi connectivity index (χ1v) is 9.96. The minimum atomic E-state index is 0.568. The normalized spacial score (nSPS) is 15.1. The van der Waals surface area contributed by atoms with Gasteiger partial charge in [0.1, 0.15) is 12.4 Å². The maximum absolute atomic E-state index is 6.07. The molecule has 2 heterocycles. The fourth-order valence-corrected chi connectivity index (χ4v) is 3.44. The summed E-state index contributed by atoms with van der Waals surface area (Å²) in [6, 6.07) is 11.5. The summed E-state index contributed by atoms with van der Waals surface area (Å²) < 4.78 is 17.2.